The number of rotatable bonds is 5. The molecule has 4 rings (SSSR count). The summed E-state index contributed by atoms with van der Waals surface area (Å²) >= 11 is 1.70. The van der Waals surface area contributed by atoms with Crippen molar-refractivity contribution in [1.29, 1.82) is 0 Å². The second-order valence-corrected chi connectivity index (χ2v) is 7.54. The second-order valence-electron chi connectivity index (χ2n) is 6.56. The summed E-state index contributed by atoms with van der Waals surface area (Å²) < 4.78 is 2.21. The van der Waals surface area contributed by atoms with Gasteiger partial charge < -0.3 is 0 Å². The number of aromatic nitrogens is 4. The van der Waals surface area contributed by atoms with Crippen LogP contribution in [0.4, 0.5) is 0 Å². The predicted molar refractivity (Wildman–Crippen MR) is 107 cm³/mol. The molecule has 0 bridgehead atoms. The standard InChI is InChI=1S/C21H22N4S/c1-4-16-5-7-17(8-6-16)25-18(9-10-19-22-11-12-26-19)24-20-14(2)13-15(3)23-21(20)25/h5-8,11-13H,4,9-10H2,1-3H3. The molecular formula is C21H22N4S. The van der Waals surface area contributed by atoms with Crippen molar-refractivity contribution in [2.45, 2.75) is 40.0 Å². The van der Waals surface area contributed by atoms with Gasteiger partial charge in [0, 0.05) is 35.8 Å². The largest absolute Gasteiger partial charge is 0.281 e. The number of benzene rings is 1. The van der Waals surface area contributed by atoms with Crippen LogP contribution in [0.1, 0.15) is 34.6 Å². The average Bonchev–Trinajstić information content (AvgIpc) is 3.27. The highest BCUT2D eigenvalue weighted by Crippen LogP contribution is 2.25. The van der Waals surface area contributed by atoms with E-state index in [1.807, 2.05) is 18.5 Å². The van der Waals surface area contributed by atoms with Gasteiger partial charge >= 0.3 is 0 Å². The molecule has 0 unspecified atom stereocenters. The molecule has 0 amide bonds. The van der Waals surface area contributed by atoms with Gasteiger partial charge in [0.1, 0.15) is 11.3 Å². The van der Waals surface area contributed by atoms with E-state index < -0.39 is 0 Å². The number of pyridine rings is 1. The third-order valence-electron chi connectivity index (χ3n) is 4.65. The van der Waals surface area contributed by atoms with E-state index in [0.29, 0.717) is 0 Å². The maximum absolute atomic E-state index is 4.95. The molecule has 0 atom stereocenters. The predicted octanol–water partition coefficient (Wildman–Crippen LogP) is 4.84. The summed E-state index contributed by atoms with van der Waals surface area (Å²) in [6, 6.07) is 10.8. The molecule has 0 aliphatic carbocycles. The Morgan fingerprint density at radius 2 is 1.85 bits per heavy atom. The minimum atomic E-state index is 0.845. The Bertz CT molecular complexity index is 1030. The van der Waals surface area contributed by atoms with Crippen molar-refractivity contribution in [1.82, 2.24) is 19.5 Å². The van der Waals surface area contributed by atoms with E-state index in [1.54, 1.807) is 11.3 Å². The van der Waals surface area contributed by atoms with Crippen molar-refractivity contribution < 1.29 is 0 Å². The van der Waals surface area contributed by atoms with Gasteiger partial charge in [-0.15, -0.1) is 11.3 Å². The summed E-state index contributed by atoms with van der Waals surface area (Å²) in [6.45, 7) is 6.33. The molecule has 4 aromatic rings. The molecule has 5 heteroatoms. The van der Waals surface area contributed by atoms with Crippen molar-refractivity contribution in [2.75, 3.05) is 0 Å². The number of hydrogen-bond donors (Lipinski definition) is 0. The van der Waals surface area contributed by atoms with Gasteiger partial charge in [0.05, 0.1) is 5.01 Å². The summed E-state index contributed by atoms with van der Waals surface area (Å²) in [5.74, 6) is 1.04. The van der Waals surface area contributed by atoms with Crippen molar-refractivity contribution in [2.24, 2.45) is 0 Å². The molecule has 26 heavy (non-hydrogen) atoms. The number of nitrogens with zero attached hydrogens (tertiary/aromatic N) is 4. The van der Waals surface area contributed by atoms with Crippen molar-refractivity contribution in [3.05, 3.63) is 69.6 Å². The Balaban J connectivity index is 1.84. The molecule has 132 valence electrons. The van der Waals surface area contributed by atoms with Crippen LogP contribution in [0.2, 0.25) is 0 Å². The maximum Gasteiger partial charge on any atom is 0.165 e. The zero-order valence-electron chi connectivity index (χ0n) is 15.4. The molecule has 0 saturated carbocycles. The minimum Gasteiger partial charge on any atom is -0.281 e. The van der Waals surface area contributed by atoms with E-state index in [0.717, 1.165) is 52.6 Å². The SMILES string of the molecule is CCc1ccc(-n2c(CCc3nccs3)nc3c(C)cc(C)nc32)cc1. The van der Waals surface area contributed by atoms with Crippen LogP contribution in [0.5, 0.6) is 0 Å². The Hall–Kier alpha value is -2.53. The number of imidazole rings is 1. The highest BCUT2D eigenvalue weighted by atomic mass is 32.1. The molecule has 0 spiro atoms. The van der Waals surface area contributed by atoms with Crippen LogP contribution < -0.4 is 0 Å². The topological polar surface area (TPSA) is 43.6 Å². The minimum absolute atomic E-state index is 0.845. The van der Waals surface area contributed by atoms with E-state index >= 15 is 0 Å². The summed E-state index contributed by atoms with van der Waals surface area (Å²) in [4.78, 5) is 14.2. The second kappa shape index (κ2) is 7.00. The third kappa shape index (κ3) is 3.15. The third-order valence-corrected chi connectivity index (χ3v) is 5.49. The first-order chi connectivity index (χ1) is 12.7. The molecule has 0 radical (unpaired) electrons. The first-order valence-electron chi connectivity index (χ1n) is 8.99. The molecule has 0 aliphatic rings. The number of aryl methyl sites for hydroxylation is 5. The van der Waals surface area contributed by atoms with Gasteiger partial charge in [-0.05, 0) is 49.6 Å². The lowest BCUT2D eigenvalue weighted by atomic mass is 10.1. The van der Waals surface area contributed by atoms with Gasteiger partial charge in [0.2, 0.25) is 0 Å². The zero-order chi connectivity index (χ0) is 18.1. The van der Waals surface area contributed by atoms with Crippen LogP contribution in [0, 0.1) is 13.8 Å². The summed E-state index contributed by atoms with van der Waals surface area (Å²) in [7, 11) is 0. The molecule has 3 heterocycles. The molecule has 0 fully saturated rings. The summed E-state index contributed by atoms with van der Waals surface area (Å²) in [6.07, 6.45) is 4.64. The molecule has 4 nitrogen and oxygen atoms in total. The molecule has 0 N–H and O–H groups in total. The monoisotopic (exact) mass is 362 g/mol. The van der Waals surface area contributed by atoms with Crippen LogP contribution >= 0.6 is 11.3 Å². The Kier molecular flexibility index (Phi) is 4.55. The van der Waals surface area contributed by atoms with Crippen LogP contribution in [0.15, 0.2) is 41.9 Å². The van der Waals surface area contributed by atoms with E-state index in [-0.39, 0.29) is 0 Å². The lowest BCUT2D eigenvalue weighted by Gasteiger charge is -2.10. The lowest BCUT2D eigenvalue weighted by molar-refractivity contribution is 0.829. The fourth-order valence-corrected chi connectivity index (χ4v) is 3.94. The van der Waals surface area contributed by atoms with Crippen molar-refractivity contribution in [3.63, 3.8) is 0 Å². The first kappa shape index (κ1) is 16.9. The van der Waals surface area contributed by atoms with Gasteiger partial charge in [-0.3, -0.25) is 4.57 Å². The van der Waals surface area contributed by atoms with Crippen LogP contribution in [0.3, 0.4) is 0 Å². The molecule has 1 aromatic carbocycles. The van der Waals surface area contributed by atoms with E-state index in [2.05, 4.69) is 53.7 Å². The summed E-state index contributed by atoms with van der Waals surface area (Å²) in [5.41, 5.74) is 6.59. The van der Waals surface area contributed by atoms with Gasteiger partial charge in [-0.1, -0.05) is 19.1 Å². The van der Waals surface area contributed by atoms with Crippen LogP contribution in [0.25, 0.3) is 16.9 Å². The molecule has 3 aromatic heterocycles. The van der Waals surface area contributed by atoms with E-state index in [4.69, 9.17) is 9.97 Å². The van der Waals surface area contributed by atoms with Crippen LogP contribution in [-0.2, 0) is 19.3 Å². The van der Waals surface area contributed by atoms with Gasteiger partial charge in [-0.25, -0.2) is 15.0 Å². The van der Waals surface area contributed by atoms with Gasteiger partial charge in [0.15, 0.2) is 5.65 Å². The smallest absolute Gasteiger partial charge is 0.165 e. The normalized spacial score (nSPS) is 11.3. The average molecular weight is 363 g/mol. The number of fused-ring (bicyclic) bond motifs is 1. The van der Waals surface area contributed by atoms with Gasteiger partial charge in [0.25, 0.3) is 0 Å². The fourth-order valence-electron chi connectivity index (χ4n) is 3.32. The Morgan fingerprint density at radius 3 is 2.54 bits per heavy atom. The quantitative estimate of drug-likeness (QED) is 0.510. The summed E-state index contributed by atoms with van der Waals surface area (Å²) in [5, 5.41) is 3.17. The highest BCUT2D eigenvalue weighted by molar-refractivity contribution is 7.09. The Labute approximate surface area is 157 Å². The molecule has 0 aliphatic heterocycles. The maximum atomic E-state index is 4.95. The molecule has 0 saturated heterocycles. The van der Waals surface area contributed by atoms with Crippen molar-refractivity contribution in [3.8, 4) is 5.69 Å². The Morgan fingerprint density at radius 1 is 1.04 bits per heavy atom. The first-order valence-corrected chi connectivity index (χ1v) is 9.87. The lowest BCUT2D eigenvalue weighted by Crippen LogP contribution is -2.04. The van der Waals surface area contributed by atoms with E-state index in [9.17, 15) is 0 Å². The van der Waals surface area contributed by atoms with Gasteiger partial charge in [-0.2, -0.15) is 0 Å². The van der Waals surface area contributed by atoms with E-state index in [1.165, 1.54) is 11.1 Å². The fraction of sp³-hybridized carbons (Fsp3) is 0.286. The molecular weight excluding hydrogens is 340 g/mol. The number of hydrogen-bond acceptors (Lipinski definition) is 4. The van der Waals surface area contributed by atoms with Crippen LogP contribution in [-0.4, -0.2) is 19.5 Å². The highest BCUT2D eigenvalue weighted by Gasteiger charge is 2.16. The zero-order valence-corrected chi connectivity index (χ0v) is 16.2. The number of thiazole rings is 1. The van der Waals surface area contributed by atoms with Crippen molar-refractivity contribution >= 4 is 22.5 Å².